The van der Waals surface area contributed by atoms with Crippen molar-refractivity contribution in [2.45, 2.75) is 78.1 Å². The molecule has 0 radical (unpaired) electrons. The predicted molar refractivity (Wildman–Crippen MR) is 68.3 cm³/mol. The van der Waals surface area contributed by atoms with Gasteiger partial charge in [0, 0.05) is 13.2 Å². The van der Waals surface area contributed by atoms with Crippen LogP contribution in [0.4, 0.5) is 0 Å². The van der Waals surface area contributed by atoms with Crippen molar-refractivity contribution in [2.75, 3.05) is 13.2 Å². The minimum atomic E-state index is 0.955. The van der Waals surface area contributed by atoms with E-state index in [1.54, 1.807) is 0 Å². The van der Waals surface area contributed by atoms with Crippen molar-refractivity contribution in [2.24, 2.45) is 0 Å². The van der Waals surface area contributed by atoms with E-state index < -0.39 is 0 Å². The van der Waals surface area contributed by atoms with Crippen molar-refractivity contribution in [3.05, 3.63) is 0 Å². The summed E-state index contributed by atoms with van der Waals surface area (Å²) >= 11 is 0. The van der Waals surface area contributed by atoms with Crippen LogP contribution in [-0.4, -0.2) is 13.2 Å². The van der Waals surface area contributed by atoms with E-state index in [0.717, 1.165) is 13.2 Å². The van der Waals surface area contributed by atoms with Crippen LogP contribution in [0, 0.1) is 0 Å². The molecule has 92 valence electrons. The number of hydrogen-bond donors (Lipinski definition) is 0. The zero-order valence-corrected chi connectivity index (χ0v) is 10.9. The first-order valence-corrected chi connectivity index (χ1v) is 6.99. The molecule has 1 nitrogen and oxygen atoms in total. The lowest BCUT2D eigenvalue weighted by atomic mass is 10.0. The maximum absolute atomic E-state index is 5.31. The molecule has 0 aliphatic heterocycles. The molecule has 1 heteroatoms. The Kier molecular flexibility index (Phi) is 13.9. The van der Waals surface area contributed by atoms with Crippen LogP contribution in [0.5, 0.6) is 0 Å². The molecule has 1 aliphatic rings. The van der Waals surface area contributed by atoms with Gasteiger partial charge >= 0.3 is 0 Å². The van der Waals surface area contributed by atoms with Gasteiger partial charge in [0.2, 0.25) is 0 Å². The Morgan fingerprint density at radius 2 is 1.00 bits per heavy atom. The molecule has 15 heavy (non-hydrogen) atoms. The summed E-state index contributed by atoms with van der Waals surface area (Å²) in [5.74, 6) is 0. The molecule has 0 N–H and O–H groups in total. The standard InChI is InChI=1S/C8H18O.C6H12/c1-3-5-7-9-8-6-4-2;1-2-4-6-5-3-1/h3-8H2,1-2H3;1-6H2. The number of rotatable bonds is 6. The van der Waals surface area contributed by atoms with E-state index in [1.807, 2.05) is 0 Å². The quantitative estimate of drug-likeness (QED) is 0.569. The van der Waals surface area contributed by atoms with Gasteiger partial charge in [-0.15, -0.1) is 0 Å². The van der Waals surface area contributed by atoms with Crippen molar-refractivity contribution in [1.29, 1.82) is 0 Å². The highest BCUT2D eigenvalue weighted by Crippen LogP contribution is 2.15. The second-order valence-electron chi connectivity index (χ2n) is 4.44. The molecule has 0 aromatic heterocycles. The minimum Gasteiger partial charge on any atom is -0.381 e. The maximum Gasteiger partial charge on any atom is 0.0465 e. The molecule has 0 bridgehead atoms. The summed E-state index contributed by atoms with van der Waals surface area (Å²) < 4.78 is 5.31. The van der Waals surface area contributed by atoms with E-state index in [1.165, 1.54) is 64.2 Å². The minimum absolute atomic E-state index is 0.955. The first kappa shape index (κ1) is 15.0. The SMILES string of the molecule is C1CCCCC1.CCCCOCCCC. The fourth-order valence-electron chi connectivity index (χ4n) is 1.66. The first-order chi connectivity index (χ1) is 7.41. The van der Waals surface area contributed by atoms with E-state index in [0.29, 0.717) is 0 Å². The molecule has 0 amide bonds. The summed E-state index contributed by atoms with van der Waals surface area (Å²) in [4.78, 5) is 0. The lowest BCUT2D eigenvalue weighted by molar-refractivity contribution is 0.128. The summed E-state index contributed by atoms with van der Waals surface area (Å²) in [5.41, 5.74) is 0. The first-order valence-electron chi connectivity index (χ1n) is 6.99. The van der Waals surface area contributed by atoms with Crippen LogP contribution in [0.15, 0.2) is 0 Å². The molecule has 1 fully saturated rings. The van der Waals surface area contributed by atoms with Gasteiger partial charge in [0.15, 0.2) is 0 Å². The zero-order valence-electron chi connectivity index (χ0n) is 10.9. The van der Waals surface area contributed by atoms with Crippen LogP contribution in [0.1, 0.15) is 78.1 Å². The van der Waals surface area contributed by atoms with Crippen LogP contribution < -0.4 is 0 Å². The van der Waals surface area contributed by atoms with Crippen LogP contribution in [0.25, 0.3) is 0 Å². The van der Waals surface area contributed by atoms with E-state index in [9.17, 15) is 0 Å². The van der Waals surface area contributed by atoms with Gasteiger partial charge in [-0.1, -0.05) is 65.2 Å². The highest BCUT2D eigenvalue weighted by Gasteiger charge is 1.95. The van der Waals surface area contributed by atoms with Gasteiger partial charge < -0.3 is 4.74 Å². The monoisotopic (exact) mass is 214 g/mol. The Labute approximate surface area is 96.6 Å². The molecule has 0 aromatic carbocycles. The van der Waals surface area contributed by atoms with Gasteiger partial charge in [0.1, 0.15) is 0 Å². The molecule has 1 saturated carbocycles. The van der Waals surface area contributed by atoms with Gasteiger partial charge in [0.05, 0.1) is 0 Å². The fourth-order valence-corrected chi connectivity index (χ4v) is 1.66. The Hall–Kier alpha value is -0.0400. The lowest BCUT2D eigenvalue weighted by Crippen LogP contribution is -1.95. The molecular weight excluding hydrogens is 184 g/mol. The molecule has 0 spiro atoms. The van der Waals surface area contributed by atoms with Crippen LogP contribution >= 0.6 is 0 Å². The summed E-state index contributed by atoms with van der Waals surface area (Å²) in [5, 5.41) is 0. The number of unbranched alkanes of at least 4 members (excludes halogenated alkanes) is 2. The third kappa shape index (κ3) is 14.0. The van der Waals surface area contributed by atoms with Crippen molar-refractivity contribution in [3.8, 4) is 0 Å². The number of hydrogen-bond acceptors (Lipinski definition) is 1. The Bertz CT molecular complexity index is 80.0. The molecule has 1 rings (SSSR count). The third-order valence-corrected chi connectivity index (χ3v) is 2.78. The van der Waals surface area contributed by atoms with E-state index in [-0.39, 0.29) is 0 Å². The van der Waals surface area contributed by atoms with Crippen molar-refractivity contribution in [1.82, 2.24) is 0 Å². The molecule has 0 aromatic rings. The van der Waals surface area contributed by atoms with Gasteiger partial charge in [-0.05, 0) is 12.8 Å². The van der Waals surface area contributed by atoms with Crippen molar-refractivity contribution >= 4 is 0 Å². The molecule has 0 atom stereocenters. The normalized spacial score (nSPS) is 15.6. The highest BCUT2D eigenvalue weighted by atomic mass is 16.5. The van der Waals surface area contributed by atoms with Gasteiger partial charge in [-0.3, -0.25) is 0 Å². The van der Waals surface area contributed by atoms with Crippen molar-refractivity contribution < 1.29 is 4.74 Å². The van der Waals surface area contributed by atoms with Gasteiger partial charge in [0.25, 0.3) is 0 Å². The highest BCUT2D eigenvalue weighted by molar-refractivity contribution is 4.51. The number of ether oxygens (including phenoxy) is 1. The van der Waals surface area contributed by atoms with Gasteiger partial charge in [-0.2, -0.15) is 0 Å². The van der Waals surface area contributed by atoms with Crippen LogP contribution in [-0.2, 0) is 4.74 Å². The van der Waals surface area contributed by atoms with Crippen molar-refractivity contribution in [3.63, 3.8) is 0 Å². The predicted octanol–water partition coefficient (Wildman–Crippen LogP) is 4.94. The average molecular weight is 214 g/mol. The Balaban J connectivity index is 0.000000280. The topological polar surface area (TPSA) is 9.23 Å². The summed E-state index contributed by atoms with van der Waals surface area (Å²) in [6, 6.07) is 0. The molecular formula is C14H30O. The fraction of sp³-hybridized carbons (Fsp3) is 1.00. The smallest absolute Gasteiger partial charge is 0.0465 e. The summed E-state index contributed by atoms with van der Waals surface area (Å²) in [6.07, 6.45) is 13.9. The van der Waals surface area contributed by atoms with E-state index >= 15 is 0 Å². The molecule has 1 aliphatic carbocycles. The summed E-state index contributed by atoms with van der Waals surface area (Å²) in [7, 11) is 0. The lowest BCUT2D eigenvalue weighted by Gasteiger charge is -2.05. The zero-order chi connectivity index (χ0) is 11.2. The maximum atomic E-state index is 5.31. The summed E-state index contributed by atoms with van der Waals surface area (Å²) in [6.45, 7) is 6.28. The largest absolute Gasteiger partial charge is 0.381 e. The van der Waals surface area contributed by atoms with E-state index in [2.05, 4.69) is 13.8 Å². The van der Waals surface area contributed by atoms with Crippen LogP contribution in [0.3, 0.4) is 0 Å². The molecule has 0 unspecified atom stereocenters. The Morgan fingerprint density at radius 3 is 1.27 bits per heavy atom. The van der Waals surface area contributed by atoms with E-state index in [4.69, 9.17) is 4.74 Å². The third-order valence-electron chi connectivity index (χ3n) is 2.78. The average Bonchev–Trinajstić information content (AvgIpc) is 2.32. The van der Waals surface area contributed by atoms with Gasteiger partial charge in [-0.25, -0.2) is 0 Å². The molecule has 0 heterocycles. The van der Waals surface area contributed by atoms with Crippen LogP contribution in [0.2, 0.25) is 0 Å². The second kappa shape index (κ2) is 14.0. The second-order valence-corrected chi connectivity index (χ2v) is 4.44. The molecule has 0 saturated heterocycles. The Morgan fingerprint density at radius 1 is 0.667 bits per heavy atom.